The molecule has 1 heterocycles. The van der Waals surface area contributed by atoms with Crippen LogP contribution in [0, 0.1) is 0 Å². The quantitative estimate of drug-likeness (QED) is 0.694. The van der Waals surface area contributed by atoms with Gasteiger partial charge in [0.1, 0.15) is 13.0 Å². The van der Waals surface area contributed by atoms with Gasteiger partial charge in [-0.25, -0.2) is 8.78 Å². The monoisotopic (exact) mass is 236 g/mol. The minimum Gasteiger partial charge on any atom is -0.481 e. The van der Waals surface area contributed by atoms with Gasteiger partial charge >= 0.3 is 5.97 Å². The molecule has 0 saturated carbocycles. The Balaban J connectivity index is 2.26. The van der Waals surface area contributed by atoms with Crippen molar-refractivity contribution in [2.45, 2.75) is 19.3 Å². The number of hydrogen-bond donors (Lipinski definition) is 1. The average molecular weight is 236 g/mol. The number of aliphatic carboxylic acids is 1. The lowest BCUT2D eigenvalue weighted by Crippen LogP contribution is -2.07. The second-order valence-electron chi connectivity index (χ2n) is 2.89. The summed E-state index contributed by atoms with van der Waals surface area (Å²) in [7, 11) is 0. The Kier molecular flexibility index (Phi) is 4.77. The highest BCUT2D eigenvalue weighted by Gasteiger charge is 2.10. The van der Waals surface area contributed by atoms with Gasteiger partial charge in [-0.2, -0.15) is 4.98 Å². The van der Waals surface area contributed by atoms with E-state index in [1.807, 2.05) is 0 Å². The fraction of sp³-hybridized carbons (Fsp3) is 0.625. The van der Waals surface area contributed by atoms with E-state index >= 15 is 0 Å². The van der Waals surface area contributed by atoms with Gasteiger partial charge in [-0.05, 0) is 0 Å². The normalized spacial score (nSPS) is 10.9. The van der Waals surface area contributed by atoms with E-state index in [1.54, 1.807) is 0 Å². The second-order valence-corrected chi connectivity index (χ2v) is 2.89. The number of carboxylic acid groups (broad SMARTS) is 1. The zero-order valence-electron chi connectivity index (χ0n) is 8.23. The van der Waals surface area contributed by atoms with Gasteiger partial charge in [0.05, 0.1) is 6.61 Å². The number of halogens is 2. The summed E-state index contributed by atoms with van der Waals surface area (Å²) in [5.41, 5.74) is 0. The first-order valence-electron chi connectivity index (χ1n) is 4.47. The van der Waals surface area contributed by atoms with Gasteiger partial charge in [-0.15, -0.1) is 0 Å². The molecule has 8 heteroatoms. The summed E-state index contributed by atoms with van der Waals surface area (Å²) < 4.78 is 32.5. The predicted molar refractivity (Wildman–Crippen MR) is 46.2 cm³/mol. The largest absolute Gasteiger partial charge is 0.481 e. The van der Waals surface area contributed by atoms with E-state index < -0.39 is 19.0 Å². The van der Waals surface area contributed by atoms with Crippen molar-refractivity contribution in [3.05, 3.63) is 11.7 Å². The molecule has 0 aromatic carbocycles. The molecule has 0 amide bonds. The van der Waals surface area contributed by atoms with Gasteiger partial charge in [0.15, 0.2) is 5.82 Å². The van der Waals surface area contributed by atoms with Crippen molar-refractivity contribution in [2.24, 2.45) is 0 Å². The number of carboxylic acids is 1. The molecule has 16 heavy (non-hydrogen) atoms. The molecule has 0 unspecified atom stereocenters. The Morgan fingerprint density at radius 1 is 1.56 bits per heavy atom. The van der Waals surface area contributed by atoms with Crippen molar-refractivity contribution >= 4 is 5.97 Å². The molecule has 1 aromatic rings. The molecule has 90 valence electrons. The molecule has 0 aliphatic heterocycles. The molecule has 0 radical (unpaired) electrons. The third-order valence-corrected chi connectivity index (χ3v) is 1.53. The number of aromatic nitrogens is 2. The van der Waals surface area contributed by atoms with Crippen LogP contribution in [0.4, 0.5) is 8.78 Å². The van der Waals surface area contributed by atoms with Crippen LogP contribution in [-0.2, 0) is 22.4 Å². The highest BCUT2D eigenvalue weighted by molar-refractivity contribution is 5.68. The summed E-state index contributed by atoms with van der Waals surface area (Å²) in [5, 5.41) is 11.9. The van der Waals surface area contributed by atoms with E-state index in [1.165, 1.54) is 0 Å². The van der Waals surface area contributed by atoms with Crippen LogP contribution < -0.4 is 0 Å². The van der Waals surface area contributed by atoms with E-state index in [0.29, 0.717) is 0 Å². The smallest absolute Gasteiger partial charge is 0.312 e. The summed E-state index contributed by atoms with van der Waals surface area (Å²) in [6, 6.07) is 0. The van der Waals surface area contributed by atoms with Crippen LogP contribution in [-0.4, -0.2) is 40.9 Å². The zero-order valence-corrected chi connectivity index (χ0v) is 8.23. The maximum atomic E-state index is 11.7. The lowest BCUT2D eigenvalue weighted by molar-refractivity contribution is -0.136. The fourth-order valence-corrected chi connectivity index (χ4v) is 0.929. The highest BCUT2D eigenvalue weighted by Crippen LogP contribution is 2.00. The van der Waals surface area contributed by atoms with E-state index in [2.05, 4.69) is 19.4 Å². The molecule has 0 saturated heterocycles. The Labute approximate surface area is 89.2 Å². The Bertz CT molecular complexity index is 343. The van der Waals surface area contributed by atoms with Gasteiger partial charge in [0, 0.05) is 6.42 Å². The molecule has 0 bridgehead atoms. The minimum absolute atomic E-state index is 0.0173. The molecule has 1 rings (SSSR count). The molecule has 0 spiro atoms. The molecule has 1 N–H and O–H groups in total. The molecule has 0 fully saturated rings. The van der Waals surface area contributed by atoms with Crippen LogP contribution in [0.15, 0.2) is 4.52 Å². The van der Waals surface area contributed by atoms with Gasteiger partial charge in [-0.1, -0.05) is 5.16 Å². The molecule has 0 aliphatic carbocycles. The number of carbonyl (C=O) groups is 1. The van der Waals surface area contributed by atoms with Crippen molar-refractivity contribution in [1.29, 1.82) is 0 Å². The van der Waals surface area contributed by atoms with E-state index in [4.69, 9.17) is 5.11 Å². The van der Waals surface area contributed by atoms with Crippen molar-refractivity contribution < 1.29 is 27.9 Å². The van der Waals surface area contributed by atoms with Gasteiger partial charge in [0.25, 0.3) is 6.43 Å². The standard InChI is InChI=1S/C8H10F2N2O4/c9-5(10)4-15-2-1-6-11-7(16-12-6)3-8(13)14/h5H,1-4H2,(H,13,14). The van der Waals surface area contributed by atoms with Crippen molar-refractivity contribution in [3.63, 3.8) is 0 Å². The Hall–Kier alpha value is -1.57. The van der Waals surface area contributed by atoms with Gasteiger partial charge < -0.3 is 14.4 Å². The summed E-state index contributed by atoms with van der Waals surface area (Å²) in [6.45, 7) is -0.601. The third-order valence-electron chi connectivity index (χ3n) is 1.53. The van der Waals surface area contributed by atoms with Crippen molar-refractivity contribution in [1.82, 2.24) is 10.1 Å². The van der Waals surface area contributed by atoms with Crippen LogP contribution >= 0.6 is 0 Å². The Morgan fingerprint density at radius 3 is 2.94 bits per heavy atom. The first kappa shape index (κ1) is 12.5. The zero-order chi connectivity index (χ0) is 12.0. The maximum absolute atomic E-state index is 11.7. The van der Waals surface area contributed by atoms with Gasteiger partial charge in [-0.3, -0.25) is 4.79 Å². The van der Waals surface area contributed by atoms with Crippen LogP contribution in [0.25, 0.3) is 0 Å². The predicted octanol–water partition coefficient (Wildman–Crippen LogP) is 0.521. The molecule has 1 aromatic heterocycles. The fourth-order valence-electron chi connectivity index (χ4n) is 0.929. The van der Waals surface area contributed by atoms with Crippen LogP contribution in [0.3, 0.4) is 0 Å². The topological polar surface area (TPSA) is 85.5 Å². The first-order chi connectivity index (χ1) is 7.58. The lowest BCUT2D eigenvalue weighted by Gasteiger charge is -1.99. The number of hydrogen-bond acceptors (Lipinski definition) is 5. The SMILES string of the molecule is O=C(O)Cc1nc(CCOCC(F)F)no1. The van der Waals surface area contributed by atoms with Crippen molar-refractivity contribution in [3.8, 4) is 0 Å². The third kappa shape index (κ3) is 4.78. The number of alkyl halides is 2. The number of ether oxygens (including phenoxy) is 1. The molecule has 0 aliphatic rings. The number of nitrogens with zero attached hydrogens (tertiary/aromatic N) is 2. The summed E-state index contributed by atoms with van der Waals surface area (Å²) >= 11 is 0. The van der Waals surface area contributed by atoms with Crippen molar-refractivity contribution in [2.75, 3.05) is 13.2 Å². The van der Waals surface area contributed by atoms with E-state index in [9.17, 15) is 13.6 Å². The summed E-state index contributed by atoms with van der Waals surface area (Å²) in [5.74, 6) is -0.856. The second kappa shape index (κ2) is 6.11. The van der Waals surface area contributed by atoms with Gasteiger partial charge in [0.2, 0.25) is 5.89 Å². The minimum atomic E-state index is -2.51. The lowest BCUT2D eigenvalue weighted by atomic mass is 10.4. The van der Waals surface area contributed by atoms with Crippen LogP contribution in [0.1, 0.15) is 11.7 Å². The summed E-state index contributed by atoms with van der Waals surface area (Å²) in [6.07, 6.45) is -2.66. The first-order valence-corrected chi connectivity index (χ1v) is 4.47. The molecule has 6 nitrogen and oxygen atoms in total. The molecular weight excluding hydrogens is 226 g/mol. The van der Waals surface area contributed by atoms with Crippen LogP contribution in [0.2, 0.25) is 0 Å². The maximum Gasteiger partial charge on any atom is 0.312 e. The van der Waals surface area contributed by atoms with Crippen LogP contribution in [0.5, 0.6) is 0 Å². The molecular formula is C8H10F2N2O4. The van der Waals surface area contributed by atoms with E-state index in [0.717, 1.165) is 0 Å². The average Bonchev–Trinajstić information content (AvgIpc) is 2.59. The highest BCUT2D eigenvalue weighted by atomic mass is 19.3. The molecule has 0 atom stereocenters. The van der Waals surface area contributed by atoms with E-state index in [-0.39, 0.29) is 31.2 Å². The summed E-state index contributed by atoms with van der Waals surface area (Å²) in [4.78, 5) is 14.0. The number of rotatable bonds is 7. The Morgan fingerprint density at radius 2 is 2.31 bits per heavy atom.